The lowest BCUT2D eigenvalue weighted by atomic mass is 9.51. The van der Waals surface area contributed by atoms with Crippen molar-refractivity contribution >= 4 is 11.5 Å². The summed E-state index contributed by atoms with van der Waals surface area (Å²) >= 11 is 0. The monoisotopic (exact) mass is 375 g/mol. The van der Waals surface area contributed by atoms with Crippen molar-refractivity contribution < 1.29 is 4.79 Å². The fourth-order valence-corrected chi connectivity index (χ4v) is 7.23. The van der Waals surface area contributed by atoms with E-state index in [1.807, 2.05) is 6.08 Å². The molecule has 0 amide bonds. The number of nitrogen functional groups attached to an aromatic ring is 1. The van der Waals surface area contributed by atoms with Crippen molar-refractivity contribution in [2.45, 2.75) is 65.2 Å². The van der Waals surface area contributed by atoms with E-state index in [4.69, 9.17) is 5.73 Å². The summed E-state index contributed by atoms with van der Waals surface area (Å²) in [7, 11) is 0. The van der Waals surface area contributed by atoms with E-state index in [9.17, 15) is 4.79 Å². The number of benzene rings is 1. The van der Waals surface area contributed by atoms with Crippen molar-refractivity contribution in [3.63, 3.8) is 0 Å². The van der Waals surface area contributed by atoms with Gasteiger partial charge in [0.1, 0.15) is 0 Å². The normalized spacial score (nSPS) is 39.9. The van der Waals surface area contributed by atoms with Crippen LogP contribution in [-0.4, -0.2) is 5.78 Å². The van der Waals surface area contributed by atoms with E-state index in [0.717, 1.165) is 23.9 Å². The molecule has 28 heavy (non-hydrogen) atoms. The average molecular weight is 376 g/mol. The summed E-state index contributed by atoms with van der Waals surface area (Å²) in [6.07, 6.45) is 8.82. The molecule has 4 aliphatic rings. The first-order valence-corrected chi connectivity index (χ1v) is 11.2. The number of allylic oxidation sites excluding steroid dienone is 4. The Bertz CT molecular complexity index is 876. The highest BCUT2D eigenvalue weighted by Gasteiger charge is 2.55. The predicted molar refractivity (Wildman–Crippen MR) is 115 cm³/mol. The molecular weight excluding hydrogens is 342 g/mol. The van der Waals surface area contributed by atoms with Crippen LogP contribution in [0.4, 0.5) is 5.69 Å². The molecule has 2 fully saturated rings. The molecule has 0 saturated heterocycles. The fourth-order valence-electron chi connectivity index (χ4n) is 7.23. The van der Waals surface area contributed by atoms with Crippen molar-refractivity contribution in [3.8, 4) is 0 Å². The molecule has 0 heterocycles. The van der Waals surface area contributed by atoms with Gasteiger partial charge < -0.3 is 5.73 Å². The van der Waals surface area contributed by atoms with Crippen LogP contribution in [0.15, 0.2) is 47.1 Å². The molecule has 0 aliphatic heterocycles. The Morgan fingerprint density at radius 1 is 1.07 bits per heavy atom. The zero-order chi connectivity index (χ0) is 19.6. The van der Waals surface area contributed by atoms with Gasteiger partial charge in [0.15, 0.2) is 5.78 Å². The zero-order valence-electron chi connectivity index (χ0n) is 17.5. The average Bonchev–Trinajstić information content (AvgIpc) is 2.97. The molecule has 2 N–H and O–H groups in total. The first-order valence-electron chi connectivity index (χ1n) is 11.2. The molecule has 1 aromatic carbocycles. The van der Waals surface area contributed by atoms with Crippen LogP contribution in [0.3, 0.4) is 0 Å². The largest absolute Gasteiger partial charge is 0.399 e. The van der Waals surface area contributed by atoms with Gasteiger partial charge in [-0.05, 0) is 96.1 Å². The molecule has 0 spiro atoms. The molecule has 5 rings (SSSR count). The number of nitrogens with two attached hydrogens (primary N) is 1. The Kier molecular flexibility index (Phi) is 4.12. The minimum Gasteiger partial charge on any atom is -0.399 e. The van der Waals surface area contributed by atoms with Gasteiger partial charge in [0.25, 0.3) is 0 Å². The highest BCUT2D eigenvalue weighted by atomic mass is 16.1. The number of ketones is 1. The van der Waals surface area contributed by atoms with E-state index in [1.165, 1.54) is 36.8 Å². The smallest absolute Gasteiger partial charge is 0.156 e. The maximum atomic E-state index is 12.2. The Labute approximate surface area is 169 Å². The summed E-state index contributed by atoms with van der Waals surface area (Å²) in [5.74, 6) is 3.59. The molecule has 0 bridgehead atoms. The minimum absolute atomic E-state index is 0.323. The molecule has 4 aliphatic carbocycles. The van der Waals surface area contributed by atoms with Crippen molar-refractivity contribution in [2.75, 3.05) is 5.73 Å². The molecule has 6 unspecified atom stereocenters. The third-order valence-corrected chi connectivity index (χ3v) is 8.90. The van der Waals surface area contributed by atoms with Crippen LogP contribution in [0, 0.1) is 29.1 Å². The van der Waals surface area contributed by atoms with Crippen LogP contribution in [0.25, 0.3) is 0 Å². The number of hydrogen-bond acceptors (Lipinski definition) is 2. The van der Waals surface area contributed by atoms with Crippen LogP contribution < -0.4 is 5.73 Å². The maximum Gasteiger partial charge on any atom is 0.156 e. The van der Waals surface area contributed by atoms with Crippen LogP contribution in [-0.2, 0) is 4.79 Å². The predicted octanol–water partition coefficient (Wildman–Crippen LogP) is 6.05. The topological polar surface area (TPSA) is 43.1 Å². The lowest BCUT2D eigenvalue weighted by molar-refractivity contribution is -0.114. The van der Waals surface area contributed by atoms with Gasteiger partial charge in [0, 0.05) is 18.0 Å². The Morgan fingerprint density at radius 2 is 1.82 bits per heavy atom. The number of hydrogen-bond donors (Lipinski definition) is 1. The van der Waals surface area contributed by atoms with E-state index < -0.39 is 0 Å². The van der Waals surface area contributed by atoms with Crippen molar-refractivity contribution in [1.82, 2.24) is 0 Å². The first-order chi connectivity index (χ1) is 13.4. The summed E-state index contributed by atoms with van der Waals surface area (Å²) in [5.41, 5.74) is 13.3. The minimum atomic E-state index is 0.323. The Hall–Kier alpha value is -1.83. The van der Waals surface area contributed by atoms with Crippen LogP contribution in [0.2, 0.25) is 0 Å². The van der Waals surface area contributed by atoms with Gasteiger partial charge in [0.2, 0.25) is 0 Å². The van der Waals surface area contributed by atoms with Crippen molar-refractivity contribution in [3.05, 3.63) is 52.6 Å². The molecule has 2 saturated carbocycles. The summed E-state index contributed by atoms with van der Waals surface area (Å²) < 4.78 is 0. The van der Waals surface area contributed by atoms with E-state index in [2.05, 4.69) is 45.0 Å². The second kappa shape index (κ2) is 6.34. The quantitative estimate of drug-likeness (QED) is 0.607. The van der Waals surface area contributed by atoms with E-state index >= 15 is 0 Å². The summed E-state index contributed by atoms with van der Waals surface area (Å²) in [5, 5.41) is 0. The summed E-state index contributed by atoms with van der Waals surface area (Å²) in [6.45, 7) is 7.40. The van der Waals surface area contributed by atoms with Gasteiger partial charge in [-0.15, -0.1) is 0 Å². The fraction of sp³-hybridized carbons (Fsp3) is 0.577. The first kappa shape index (κ1) is 18.2. The van der Waals surface area contributed by atoms with Gasteiger partial charge in [-0.2, -0.15) is 0 Å². The summed E-state index contributed by atoms with van der Waals surface area (Å²) in [4.78, 5) is 12.2. The number of carbonyl (C=O) groups excluding carboxylic acids is 1. The van der Waals surface area contributed by atoms with E-state index in [-0.39, 0.29) is 0 Å². The lowest BCUT2D eigenvalue weighted by Gasteiger charge is -2.53. The van der Waals surface area contributed by atoms with Crippen LogP contribution >= 0.6 is 0 Å². The zero-order valence-corrected chi connectivity index (χ0v) is 17.5. The van der Waals surface area contributed by atoms with Gasteiger partial charge >= 0.3 is 0 Å². The van der Waals surface area contributed by atoms with Crippen molar-refractivity contribution in [2.24, 2.45) is 29.1 Å². The van der Waals surface area contributed by atoms with Gasteiger partial charge in [-0.3, -0.25) is 4.79 Å². The molecule has 148 valence electrons. The van der Waals surface area contributed by atoms with Gasteiger partial charge in [-0.1, -0.05) is 38.5 Å². The molecule has 2 heteroatoms. The second-order valence-corrected chi connectivity index (χ2v) is 10.3. The number of rotatable bonds is 1. The second-order valence-electron chi connectivity index (χ2n) is 10.3. The molecule has 6 atom stereocenters. The number of carbonyl (C=O) groups is 1. The third kappa shape index (κ3) is 2.56. The maximum absolute atomic E-state index is 12.2. The molecule has 0 aromatic heterocycles. The molecule has 2 nitrogen and oxygen atoms in total. The molecule has 1 aromatic rings. The highest BCUT2D eigenvalue weighted by molar-refractivity contribution is 5.93. The standard InChI is InChI=1S/C26H33NO/c1-15-12-22-24-11-4-16(2)26(24,3)14-23(17-5-7-18(27)8-6-17)25(22)20-10-9-19(28)13-21(15)20/h5-8,13,15-16,22-24H,4,9-12,14,27H2,1-3H3. The Balaban J connectivity index is 1.70. The van der Waals surface area contributed by atoms with E-state index in [1.54, 1.807) is 11.1 Å². The summed E-state index contributed by atoms with van der Waals surface area (Å²) in [6, 6.07) is 8.63. The number of anilines is 1. The number of fused-ring (bicyclic) bond motifs is 4. The van der Waals surface area contributed by atoms with Crippen LogP contribution in [0.1, 0.15) is 70.8 Å². The Morgan fingerprint density at radius 3 is 2.57 bits per heavy atom. The van der Waals surface area contributed by atoms with Crippen molar-refractivity contribution in [1.29, 1.82) is 0 Å². The molecular formula is C26H33NO. The molecule has 0 radical (unpaired) electrons. The lowest BCUT2D eigenvalue weighted by Crippen LogP contribution is -2.44. The van der Waals surface area contributed by atoms with Gasteiger partial charge in [-0.25, -0.2) is 0 Å². The third-order valence-electron chi connectivity index (χ3n) is 8.90. The van der Waals surface area contributed by atoms with E-state index in [0.29, 0.717) is 35.4 Å². The van der Waals surface area contributed by atoms with Crippen LogP contribution in [0.5, 0.6) is 0 Å². The SMILES string of the molecule is CC1CC2C(=C3CCC(=O)C=C31)C(c1ccc(N)cc1)CC1(C)C(C)CCC21. The van der Waals surface area contributed by atoms with Gasteiger partial charge in [0.05, 0.1) is 0 Å². The highest BCUT2D eigenvalue weighted by Crippen LogP contribution is 2.66.